The number of benzene rings is 1. The molecule has 104 valence electrons. The lowest BCUT2D eigenvalue weighted by Gasteiger charge is -2.01. The van der Waals surface area contributed by atoms with Crippen LogP contribution in [-0.2, 0) is 6.42 Å². The van der Waals surface area contributed by atoms with Gasteiger partial charge in [0.2, 0.25) is 0 Å². The first-order valence-electron chi connectivity index (χ1n) is 7.81. The minimum atomic E-state index is 0.526. The van der Waals surface area contributed by atoms with E-state index in [0.717, 1.165) is 6.42 Å². The molecule has 0 heteroatoms. The van der Waals surface area contributed by atoms with Crippen molar-refractivity contribution in [2.24, 2.45) is 5.92 Å². The highest BCUT2D eigenvalue weighted by Crippen LogP contribution is 2.10. The van der Waals surface area contributed by atoms with E-state index in [1.54, 1.807) is 0 Å². The average Bonchev–Trinajstić information content (AvgIpc) is 2.42. The second kappa shape index (κ2) is 10.7. The maximum atomic E-state index is 3.26. The molecule has 1 rings (SSSR count). The van der Waals surface area contributed by atoms with Gasteiger partial charge >= 0.3 is 0 Å². The molecule has 0 N–H and O–H groups in total. The first-order chi connectivity index (χ1) is 9.29. The lowest BCUT2D eigenvalue weighted by Crippen LogP contribution is -1.85. The van der Waals surface area contributed by atoms with Crippen LogP contribution in [0.2, 0.25) is 0 Å². The number of unbranched alkanes of at least 4 members (excludes halogenated alkanes) is 6. The molecule has 0 radical (unpaired) electrons. The average molecular weight is 256 g/mol. The molecule has 0 aromatic heterocycles. The van der Waals surface area contributed by atoms with Crippen LogP contribution in [0.1, 0.15) is 64.4 Å². The largest absolute Gasteiger partial charge is 0.103 e. The van der Waals surface area contributed by atoms with Gasteiger partial charge in [-0.25, -0.2) is 0 Å². The Hall–Kier alpha value is -1.22. The number of hydrogen-bond donors (Lipinski definition) is 0. The highest BCUT2D eigenvalue weighted by Gasteiger charge is 1.93. The second-order valence-corrected chi connectivity index (χ2v) is 5.58. The highest BCUT2D eigenvalue weighted by molar-refractivity contribution is 5.14. The quantitative estimate of drug-likeness (QED) is 0.418. The standard InChI is InChI=1S/C19H28/c1-18(2)14-10-7-5-3-4-6-8-11-15-19-16-12-9-13-17-19/h9,12-13,16-18H,3-8,11,15H2,1-2H3. The predicted octanol–water partition coefficient (Wildman–Crippen LogP) is 5.62. The van der Waals surface area contributed by atoms with Crippen LogP contribution in [0.4, 0.5) is 0 Å². The van der Waals surface area contributed by atoms with Crippen molar-refractivity contribution in [3.8, 4) is 11.8 Å². The SMILES string of the molecule is CC(C)C#CCCCCCCCCc1ccccc1. The Labute approximate surface area is 119 Å². The molecule has 0 saturated heterocycles. The fraction of sp³-hybridized carbons (Fsp3) is 0.579. The Balaban J connectivity index is 1.88. The molecule has 0 saturated carbocycles. The van der Waals surface area contributed by atoms with E-state index in [2.05, 4.69) is 56.0 Å². The molecule has 0 unspecified atom stereocenters. The zero-order chi connectivity index (χ0) is 13.8. The summed E-state index contributed by atoms with van der Waals surface area (Å²) in [5.74, 6) is 7.01. The predicted molar refractivity (Wildman–Crippen MR) is 85.1 cm³/mol. The highest BCUT2D eigenvalue weighted by atomic mass is 14.0. The van der Waals surface area contributed by atoms with Gasteiger partial charge in [-0.3, -0.25) is 0 Å². The van der Waals surface area contributed by atoms with Gasteiger partial charge in [0.25, 0.3) is 0 Å². The minimum Gasteiger partial charge on any atom is -0.103 e. The van der Waals surface area contributed by atoms with E-state index in [1.807, 2.05) is 0 Å². The zero-order valence-electron chi connectivity index (χ0n) is 12.6. The van der Waals surface area contributed by atoms with Crippen LogP contribution in [0, 0.1) is 17.8 Å². The van der Waals surface area contributed by atoms with Gasteiger partial charge in [-0.15, -0.1) is 11.8 Å². The third-order valence-electron chi connectivity index (χ3n) is 3.25. The summed E-state index contributed by atoms with van der Waals surface area (Å²) in [6.45, 7) is 4.31. The van der Waals surface area contributed by atoms with Crippen molar-refractivity contribution in [3.05, 3.63) is 35.9 Å². The second-order valence-electron chi connectivity index (χ2n) is 5.58. The fourth-order valence-electron chi connectivity index (χ4n) is 2.17. The van der Waals surface area contributed by atoms with Crippen LogP contribution in [0.15, 0.2) is 30.3 Å². The van der Waals surface area contributed by atoms with E-state index in [-0.39, 0.29) is 0 Å². The molecule has 0 amide bonds. The van der Waals surface area contributed by atoms with Gasteiger partial charge in [0.1, 0.15) is 0 Å². The van der Waals surface area contributed by atoms with Crippen molar-refractivity contribution >= 4 is 0 Å². The molecule has 0 bridgehead atoms. The molecule has 0 heterocycles. The summed E-state index contributed by atoms with van der Waals surface area (Å²) in [5, 5.41) is 0. The van der Waals surface area contributed by atoms with Gasteiger partial charge in [0.15, 0.2) is 0 Å². The van der Waals surface area contributed by atoms with Crippen molar-refractivity contribution in [2.75, 3.05) is 0 Å². The Bertz CT molecular complexity index is 364. The van der Waals surface area contributed by atoms with Gasteiger partial charge in [-0.05, 0) is 24.8 Å². The van der Waals surface area contributed by atoms with Crippen molar-refractivity contribution in [1.29, 1.82) is 0 Å². The molecule has 0 atom stereocenters. The third-order valence-corrected chi connectivity index (χ3v) is 3.25. The first kappa shape index (κ1) is 15.8. The number of rotatable bonds is 8. The fourth-order valence-corrected chi connectivity index (χ4v) is 2.17. The molecule has 0 spiro atoms. The smallest absolute Gasteiger partial charge is 0.0146 e. The molecule has 1 aromatic rings. The van der Waals surface area contributed by atoms with Crippen LogP contribution in [0.25, 0.3) is 0 Å². The van der Waals surface area contributed by atoms with Crippen LogP contribution in [0.3, 0.4) is 0 Å². The molecule has 0 aliphatic carbocycles. The summed E-state index contributed by atoms with van der Waals surface area (Å²) in [6, 6.07) is 10.8. The van der Waals surface area contributed by atoms with E-state index in [0.29, 0.717) is 5.92 Å². The summed E-state index contributed by atoms with van der Waals surface area (Å²) in [7, 11) is 0. The van der Waals surface area contributed by atoms with Crippen molar-refractivity contribution in [2.45, 2.75) is 65.2 Å². The maximum absolute atomic E-state index is 3.26. The topological polar surface area (TPSA) is 0 Å². The number of aryl methyl sites for hydroxylation is 1. The molecule has 19 heavy (non-hydrogen) atoms. The lowest BCUT2D eigenvalue weighted by molar-refractivity contribution is 0.599. The molecule has 1 aromatic carbocycles. The Morgan fingerprint density at radius 2 is 1.47 bits per heavy atom. The van der Waals surface area contributed by atoms with Crippen LogP contribution >= 0.6 is 0 Å². The van der Waals surface area contributed by atoms with Gasteiger partial charge in [-0.2, -0.15) is 0 Å². The van der Waals surface area contributed by atoms with Gasteiger partial charge < -0.3 is 0 Å². The monoisotopic (exact) mass is 256 g/mol. The number of hydrogen-bond acceptors (Lipinski definition) is 0. The van der Waals surface area contributed by atoms with Gasteiger partial charge in [0.05, 0.1) is 0 Å². The minimum absolute atomic E-state index is 0.526. The molecule has 0 nitrogen and oxygen atoms in total. The Kier molecular flexibility index (Phi) is 8.90. The molecular formula is C19H28. The lowest BCUT2D eigenvalue weighted by atomic mass is 10.0. The summed E-state index contributed by atoms with van der Waals surface area (Å²) >= 11 is 0. The van der Waals surface area contributed by atoms with E-state index in [9.17, 15) is 0 Å². The summed E-state index contributed by atoms with van der Waals surface area (Å²) in [4.78, 5) is 0. The molecule has 0 fully saturated rings. The summed E-state index contributed by atoms with van der Waals surface area (Å²) in [5.41, 5.74) is 1.48. The molecule has 0 aliphatic heterocycles. The third kappa shape index (κ3) is 9.37. The Morgan fingerprint density at radius 3 is 2.16 bits per heavy atom. The zero-order valence-corrected chi connectivity index (χ0v) is 12.6. The van der Waals surface area contributed by atoms with Crippen LogP contribution in [0.5, 0.6) is 0 Å². The Morgan fingerprint density at radius 1 is 0.842 bits per heavy atom. The van der Waals surface area contributed by atoms with Gasteiger partial charge in [0, 0.05) is 12.3 Å². The van der Waals surface area contributed by atoms with E-state index >= 15 is 0 Å². The first-order valence-corrected chi connectivity index (χ1v) is 7.81. The maximum Gasteiger partial charge on any atom is 0.0146 e. The normalized spacial score (nSPS) is 10.3. The molecular weight excluding hydrogens is 228 g/mol. The van der Waals surface area contributed by atoms with Gasteiger partial charge in [-0.1, -0.05) is 69.9 Å². The molecule has 0 aliphatic rings. The van der Waals surface area contributed by atoms with E-state index < -0.39 is 0 Å². The van der Waals surface area contributed by atoms with Crippen molar-refractivity contribution in [1.82, 2.24) is 0 Å². The summed E-state index contributed by atoms with van der Waals surface area (Å²) in [6.07, 6.45) is 10.4. The van der Waals surface area contributed by atoms with Crippen LogP contribution in [-0.4, -0.2) is 0 Å². The van der Waals surface area contributed by atoms with Crippen molar-refractivity contribution in [3.63, 3.8) is 0 Å². The van der Waals surface area contributed by atoms with Crippen molar-refractivity contribution < 1.29 is 0 Å². The summed E-state index contributed by atoms with van der Waals surface area (Å²) < 4.78 is 0. The van der Waals surface area contributed by atoms with Crippen LogP contribution < -0.4 is 0 Å². The van der Waals surface area contributed by atoms with E-state index in [1.165, 1.54) is 50.5 Å². The van der Waals surface area contributed by atoms with E-state index in [4.69, 9.17) is 0 Å².